The molecule has 0 bridgehead atoms. The Bertz CT molecular complexity index is 324. The van der Waals surface area contributed by atoms with Gasteiger partial charge in [-0.25, -0.2) is 0 Å². The van der Waals surface area contributed by atoms with Crippen molar-refractivity contribution < 1.29 is 4.79 Å². The third-order valence-electron chi connectivity index (χ3n) is 5.11. The number of carbonyl (C=O) groups is 1. The lowest BCUT2D eigenvalue weighted by Crippen LogP contribution is -2.50. The number of rotatable bonds is 4. The molecule has 0 unspecified atom stereocenters. The molecule has 4 nitrogen and oxygen atoms in total. The predicted molar refractivity (Wildman–Crippen MR) is 87.4 cm³/mol. The number of hydrogen-bond donors (Lipinski definition) is 0. The van der Waals surface area contributed by atoms with Gasteiger partial charge in [0.05, 0.1) is 6.04 Å². The van der Waals surface area contributed by atoms with Crippen LogP contribution in [0.4, 0.5) is 0 Å². The van der Waals surface area contributed by atoms with Crippen LogP contribution in [-0.2, 0) is 4.79 Å². The molecule has 0 N–H and O–H groups in total. The Kier molecular flexibility index (Phi) is 6.49. The van der Waals surface area contributed by atoms with E-state index in [1.807, 2.05) is 14.1 Å². The molecule has 0 aromatic carbocycles. The van der Waals surface area contributed by atoms with Crippen molar-refractivity contribution in [2.24, 2.45) is 5.92 Å². The zero-order valence-electron chi connectivity index (χ0n) is 14.2. The van der Waals surface area contributed by atoms with Gasteiger partial charge in [0, 0.05) is 27.2 Å². The molecule has 2 atom stereocenters. The van der Waals surface area contributed by atoms with Crippen LogP contribution >= 0.6 is 0 Å². The molecule has 2 rings (SSSR count). The summed E-state index contributed by atoms with van der Waals surface area (Å²) in [6, 6.07) is 0.0342. The highest BCUT2D eigenvalue weighted by Crippen LogP contribution is 2.21. The van der Waals surface area contributed by atoms with Crippen LogP contribution in [0, 0.1) is 5.92 Å². The molecule has 1 amide bonds. The minimum Gasteiger partial charge on any atom is -0.347 e. The Hall–Kier alpha value is -0.610. The number of amides is 1. The van der Waals surface area contributed by atoms with E-state index >= 15 is 0 Å². The number of likely N-dealkylation sites (tertiary alicyclic amines) is 2. The van der Waals surface area contributed by atoms with E-state index in [0.717, 1.165) is 19.0 Å². The van der Waals surface area contributed by atoms with Crippen molar-refractivity contribution in [2.45, 2.75) is 51.5 Å². The van der Waals surface area contributed by atoms with Crippen LogP contribution in [0.1, 0.15) is 45.4 Å². The van der Waals surface area contributed by atoms with E-state index in [0.29, 0.717) is 0 Å². The van der Waals surface area contributed by atoms with Gasteiger partial charge in [-0.3, -0.25) is 9.69 Å². The maximum Gasteiger partial charge on any atom is 0.239 e. The average molecular weight is 295 g/mol. The largest absolute Gasteiger partial charge is 0.347 e. The maximum atomic E-state index is 12.2. The van der Waals surface area contributed by atoms with Crippen LogP contribution in [0.3, 0.4) is 0 Å². The van der Waals surface area contributed by atoms with Crippen molar-refractivity contribution in [1.29, 1.82) is 0 Å². The molecule has 0 spiro atoms. The lowest BCUT2D eigenvalue weighted by atomic mass is 9.96. The normalized spacial score (nSPS) is 27.1. The van der Waals surface area contributed by atoms with Crippen molar-refractivity contribution in [3.05, 3.63) is 0 Å². The van der Waals surface area contributed by atoms with E-state index in [1.165, 1.54) is 58.2 Å². The van der Waals surface area contributed by atoms with E-state index in [1.54, 1.807) is 4.90 Å². The van der Waals surface area contributed by atoms with Gasteiger partial charge in [-0.15, -0.1) is 0 Å². The lowest BCUT2D eigenvalue weighted by Gasteiger charge is -2.38. The molecule has 0 aromatic heterocycles. The molecule has 4 heteroatoms. The Morgan fingerprint density at radius 1 is 1.10 bits per heavy atom. The predicted octanol–water partition coefficient (Wildman–Crippen LogP) is 2.05. The summed E-state index contributed by atoms with van der Waals surface area (Å²) in [6.45, 7) is 8.04. The first-order valence-corrected chi connectivity index (χ1v) is 8.75. The summed E-state index contributed by atoms with van der Waals surface area (Å²) in [5.74, 6) is 0.986. The summed E-state index contributed by atoms with van der Waals surface area (Å²) < 4.78 is 0. The lowest BCUT2D eigenvalue weighted by molar-refractivity contribution is -0.134. The van der Waals surface area contributed by atoms with Gasteiger partial charge in [-0.05, 0) is 58.2 Å². The Morgan fingerprint density at radius 2 is 1.76 bits per heavy atom. The monoisotopic (exact) mass is 295 g/mol. The molecule has 21 heavy (non-hydrogen) atoms. The first kappa shape index (κ1) is 16.8. The number of nitrogens with zero attached hydrogens (tertiary/aromatic N) is 3. The topological polar surface area (TPSA) is 26.8 Å². The standard InChI is InChI=1S/C17H33N3O/c1-15(17(21)18(2)3)20-12-8-9-16(14-20)13-19-10-6-4-5-7-11-19/h15-16H,4-14H2,1-3H3/t15-,16-/m0/s1. The SMILES string of the molecule is C[C@@H](C(=O)N(C)C)N1CCC[C@@H](CN2CCCCCC2)C1. The summed E-state index contributed by atoms with van der Waals surface area (Å²) in [5, 5.41) is 0. The fourth-order valence-electron chi connectivity index (χ4n) is 3.81. The molecule has 2 aliphatic heterocycles. The second kappa shape index (κ2) is 8.14. The molecule has 122 valence electrons. The fraction of sp³-hybridized carbons (Fsp3) is 0.941. The zero-order chi connectivity index (χ0) is 15.2. The highest BCUT2D eigenvalue weighted by molar-refractivity contribution is 5.80. The van der Waals surface area contributed by atoms with E-state index < -0.39 is 0 Å². The van der Waals surface area contributed by atoms with Crippen LogP contribution in [0.25, 0.3) is 0 Å². The van der Waals surface area contributed by atoms with Crippen molar-refractivity contribution in [3.63, 3.8) is 0 Å². The minimum atomic E-state index is 0.0342. The summed E-state index contributed by atoms with van der Waals surface area (Å²) in [5.41, 5.74) is 0. The highest BCUT2D eigenvalue weighted by Gasteiger charge is 2.29. The Balaban J connectivity index is 1.83. The van der Waals surface area contributed by atoms with Crippen molar-refractivity contribution in [1.82, 2.24) is 14.7 Å². The summed E-state index contributed by atoms with van der Waals surface area (Å²) in [4.78, 5) is 18.9. The summed E-state index contributed by atoms with van der Waals surface area (Å²) in [6.07, 6.45) is 8.11. The van der Waals surface area contributed by atoms with Gasteiger partial charge in [0.15, 0.2) is 0 Å². The fourth-order valence-corrected chi connectivity index (χ4v) is 3.81. The van der Waals surface area contributed by atoms with Gasteiger partial charge >= 0.3 is 0 Å². The third kappa shape index (κ3) is 4.96. The van der Waals surface area contributed by atoms with Gasteiger partial charge in [0.25, 0.3) is 0 Å². The first-order valence-electron chi connectivity index (χ1n) is 8.75. The van der Waals surface area contributed by atoms with Gasteiger partial charge in [-0.1, -0.05) is 12.8 Å². The van der Waals surface area contributed by atoms with Crippen LogP contribution < -0.4 is 0 Å². The minimum absolute atomic E-state index is 0.0342. The third-order valence-corrected chi connectivity index (χ3v) is 5.11. The smallest absolute Gasteiger partial charge is 0.239 e. The highest BCUT2D eigenvalue weighted by atomic mass is 16.2. The van der Waals surface area contributed by atoms with Crippen LogP contribution in [0.15, 0.2) is 0 Å². The molecule has 0 aliphatic carbocycles. The molecule has 0 radical (unpaired) electrons. The number of likely N-dealkylation sites (N-methyl/N-ethyl adjacent to an activating group) is 1. The van der Waals surface area contributed by atoms with Gasteiger partial charge < -0.3 is 9.80 Å². The molecular weight excluding hydrogens is 262 g/mol. The number of hydrogen-bond acceptors (Lipinski definition) is 3. The second-order valence-electron chi connectivity index (χ2n) is 7.13. The molecule has 0 aromatic rings. The molecule has 2 fully saturated rings. The van der Waals surface area contributed by atoms with Crippen molar-refractivity contribution >= 4 is 5.91 Å². The van der Waals surface area contributed by atoms with E-state index in [9.17, 15) is 4.79 Å². The molecule has 2 saturated heterocycles. The number of carbonyl (C=O) groups excluding carboxylic acids is 1. The first-order chi connectivity index (χ1) is 10.1. The molecule has 2 aliphatic rings. The maximum absolute atomic E-state index is 12.2. The van der Waals surface area contributed by atoms with Gasteiger partial charge in [-0.2, -0.15) is 0 Å². The Morgan fingerprint density at radius 3 is 2.38 bits per heavy atom. The molecular formula is C17H33N3O. The van der Waals surface area contributed by atoms with Crippen molar-refractivity contribution in [2.75, 3.05) is 46.8 Å². The van der Waals surface area contributed by atoms with E-state index in [4.69, 9.17) is 0 Å². The van der Waals surface area contributed by atoms with Crippen LogP contribution in [0.5, 0.6) is 0 Å². The zero-order valence-corrected chi connectivity index (χ0v) is 14.2. The summed E-state index contributed by atoms with van der Waals surface area (Å²) in [7, 11) is 3.72. The van der Waals surface area contributed by atoms with Crippen LogP contribution in [-0.4, -0.2) is 73.5 Å². The molecule has 2 heterocycles. The van der Waals surface area contributed by atoms with Crippen molar-refractivity contribution in [3.8, 4) is 0 Å². The molecule has 0 saturated carbocycles. The van der Waals surface area contributed by atoms with Gasteiger partial charge in [0.1, 0.15) is 0 Å². The second-order valence-corrected chi connectivity index (χ2v) is 7.13. The van der Waals surface area contributed by atoms with E-state index in [2.05, 4.69) is 16.7 Å². The number of piperidine rings is 1. The Labute approximate surface area is 130 Å². The van der Waals surface area contributed by atoms with Crippen LogP contribution in [0.2, 0.25) is 0 Å². The summed E-state index contributed by atoms with van der Waals surface area (Å²) >= 11 is 0. The van der Waals surface area contributed by atoms with E-state index in [-0.39, 0.29) is 11.9 Å². The average Bonchev–Trinajstić information content (AvgIpc) is 2.74. The quantitative estimate of drug-likeness (QED) is 0.794. The van der Waals surface area contributed by atoms with Gasteiger partial charge in [0.2, 0.25) is 5.91 Å².